The van der Waals surface area contributed by atoms with E-state index in [1.54, 1.807) is 7.11 Å². The van der Waals surface area contributed by atoms with Crippen LogP contribution in [-0.2, 0) is 4.74 Å². The first-order chi connectivity index (χ1) is 8.31. The average molecular weight is 238 g/mol. The molecule has 0 aliphatic rings. The molecule has 17 heavy (non-hydrogen) atoms. The first-order valence-corrected chi connectivity index (χ1v) is 7.32. The number of methoxy groups -OCH3 is 1. The lowest BCUT2D eigenvalue weighted by Crippen LogP contribution is -1.99. The number of hydrogen-bond donors (Lipinski definition) is 0. The van der Waals surface area contributed by atoms with Gasteiger partial charge in [0.25, 0.3) is 0 Å². The second-order valence-electron chi connectivity index (χ2n) is 4.78. The highest BCUT2D eigenvalue weighted by Gasteiger charge is 1.92. The zero-order valence-corrected chi connectivity index (χ0v) is 12.1. The van der Waals surface area contributed by atoms with Crippen LogP contribution in [-0.4, -0.2) is 13.2 Å². The topological polar surface area (TPSA) is 9.23 Å². The fourth-order valence-corrected chi connectivity index (χ4v) is 1.80. The number of ether oxygens (including phenoxy) is 1. The van der Waals surface area contributed by atoms with Gasteiger partial charge in [0, 0.05) is 13.5 Å². The van der Waals surface area contributed by atoms with Gasteiger partial charge in [0.05, 0.1) is 0 Å². The summed E-state index contributed by atoms with van der Waals surface area (Å²) in [6, 6.07) is 0. The maximum atomic E-state index is 5.07. The van der Waals surface area contributed by atoms with E-state index in [-0.39, 0.29) is 6.10 Å². The van der Waals surface area contributed by atoms with Crippen LogP contribution >= 0.6 is 0 Å². The average Bonchev–Trinajstić information content (AvgIpc) is 2.35. The molecule has 0 N–H and O–H groups in total. The minimum Gasteiger partial charge on any atom is -0.369 e. The first-order valence-electron chi connectivity index (χ1n) is 7.32. The van der Waals surface area contributed by atoms with Crippen molar-refractivity contribution in [3.8, 4) is 11.8 Å². The molecule has 1 heteroatoms. The predicted molar refractivity (Wildman–Crippen MR) is 76.1 cm³/mol. The third kappa shape index (κ3) is 13.5. The Morgan fingerprint density at radius 1 is 0.882 bits per heavy atom. The van der Waals surface area contributed by atoms with E-state index >= 15 is 0 Å². The van der Waals surface area contributed by atoms with Crippen LogP contribution in [0.4, 0.5) is 0 Å². The molecule has 1 atom stereocenters. The van der Waals surface area contributed by atoms with Gasteiger partial charge in [0.2, 0.25) is 0 Å². The van der Waals surface area contributed by atoms with Gasteiger partial charge in [0.1, 0.15) is 6.10 Å². The van der Waals surface area contributed by atoms with E-state index < -0.39 is 0 Å². The molecular formula is C16H30O. The Morgan fingerprint density at radius 2 is 1.41 bits per heavy atom. The van der Waals surface area contributed by atoms with Crippen molar-refractivity contribution < 1.29 is 4.74 Å². The lowest BCUT2D eigenvalue weighted by molar-refractivity contribution is 0.163. The second-order valence-corrected chi connectivity index (χ2v) is 4.78. The van der Waals surface area contributed by atoms with E-state index in [4.69, 9.17) is 4.74 Å². The Bertz CT molecular complexity index is 199. The smallest absolute Gasteiger partial charge is 0.115 e. The lowest BCUT2D eigenvalue weighted by atomic mass is 10.1. The summed E-state index contributed by atoms with van der Waals surface area (Å²) >= 11 is 0. The van der Waals surface area contributed by atoms with Crippen LogP contribution < -0.4 is 0 Å². The monoisotopic (exact) mass is 238 g/mol. The molecule has 0 aromatic carbocycles. The fraction of sp³-hybridized carbons (Fsp3) is 0.875. The Labute approximate surface area is 108 Å². The Balaban J connectivity index is 3.10. The third-order valence-electron chi connectivity index (χ3n) is 3.06. The van der Waals surface area contributed by atoms with Gasteiger partial charge in [0.15, 0.2) is 0 Å². The predicted octanol–water partition coefficient (Wildman–Crippen LogP) is 4.95. The number of hydrogen-bond acceptors (Lipinski definition) is 1. The van der Waals surface area contributed by atoms with E-state index in [9.17, 15) is 0 Å². The standard InChI is InChI=1S/C16H30O/c1-4-5-6-7-8-9-10-11-12-13-14-15-16(2)17-3/h16H,4-13H2,1-3H3. The lowest BCUT2D eigenvalue weighted by Gasteiger charge is -2.00. The summed E-state index contributed by atoms with van der Waals surface area (Å²) in [6.45, 7) is 4.26. The molecule has 0 aromatic heterocycles. The highest BCUT2D eigenvalue weighted by Crippen LogP contribution is 2.10. The van der Waals surface area contributed by atoms with Gasteiger partial charge in [-0.25, -0.2) is 0 Å². The minimum absolute atomic E-state index is 0.0913. The Kier molecular flexibility index (Phi) is 13.2. The summed E-state index contributed by atoms with van der Waals surface area (Å²) in [5, 5.41) is 0. The summed E-state index contributed by atoms with van der Waals surface area (Å²) in [5.74, 6) is 6.27. The summed E-state index contributed by atoms with van der Waals surface area (Å²) in [7, 11) is 1.71. The zero-order chi connectivity index (χ0) is 12.8. The van der Waals surface area contributed by atoms with Gasteiger partial charge in [-0.1, -0.05) is 64.2 Å². The van der Waals surface area contributed by atoms with Crippen molar-refractivity contribution in [2.75, 3.05) is 7.11 Å². The van der Waals surface area contributed by atoms with E-state index in [0.717, 1.165) is 6.42 Å². The SMILES string of the molecule is CCCCCCCCCCCC#CC(C)OC. The zero-order valence-electron chi connectivity index (χ0n) is 12.1. The summed E-state index contributed by atoms with van der Waals surface area (Å²) < 4.78 is 5.07. The van der Waals surface area contributed by atoms with Gasteiger partial charge in [-0.2, -0.15) is 0 Å². The van der Waals surface area contributed by atoms with E-state index in [0.29, 0.717) is 0 Å². The van der Waals surface area contributed by atoms with E-state index in [1.807, 2.05) is 6.92 Å². The molecule has 0 saturated heterocycles. The maximum absolute atomic E-state index is 5.07. The maximum Gasteiger partial charge on any atom is 0.115 e. The quantitative estimate of drug-likeness (QED) is 0.387. The van der Waals surface area contributed by atoms with Crippen LogP contribution in [0.25, 0.3) is 0 Å². The molecule has 0 spiro atoms. The summed E-state index contributed by atoms with van der Waals surface area (Å²) in [4.78, 5) is 0. The molecule has 0 bridgehead atoms. The van der Waals surface area contributed by atoms with Crippen molar-refractivity contribution in [1.82, 2.24) is 0 Å². The molecule has 0 heterocycles. The molecule has 0 fully saturated rings. The van der Waals surface area contributed by atoms with Crippen molar-refractivity contribution in [1.29, 1.82) is 0 Å². The Morgan fingerprint density at radius 3 is 1.94 bits per heavy atom. The second kappa shape index (κ2) is 13.6. The molecule has 0 aromatic rings. The molecule has 0 aliphatic heterocycles. The van der Waals surface area contributed by atoms with Crippen LogP contribution in [0.1, 0.15) is 78.1 Å². The van der Waals surface area contributed by atoms with E-state index in [1.165, 1.54) is 57.8 Å². The van der Waals surface area contributed by atoms with Gasteiger partial charge >= 0.3 is 0 Å². The highest BCUT2D eigenvalue weighted by atomic mass is 16.5. The van der Waals surface area contributed by atoms with Crippen LogP contribution in [0.3, 0.4) is 0 Å². The van der Waals surface area contributed by atoms with Crippen molar-refractivity contribution in [2.24, 2.45) is 0 Å². The fourth-order valence-electron chi connectivity index (χ4n) is 1.80. The van der Waals surface area contributed by atoms with Gasteiger partial charge in [-0.05, 0) is 13.3 Å². The first kappa shape index (κ1) is 16.5. The molecule has 1 nitrogen and oxygen atoms in total. The minimum atomic E-state index is 0.0913. The normalized spacial score (nSPS) is 11.9. The third-order valence-corrected chi connectivity index (χ3v) is 3.06. The van der Waals surface area contributed by atoms with Crippen LogP contribution in [0.15, 0.2) is 0 Å². The van der Waals surface area contributed by atoms with Crippen LogP contribution in [0.5, 0.6) is 0 Å². The van der Waals surface area contributed by atoms with Gasteiger partial charge < -0.3 is 4.74 Å². The van der Waals surface area contributed by atoms with Gasteiger partial charge in [-0.15, -0.1) is 5.92 Å². The number of rotatable bonds is 10. The molecule has 1 unspecified atom stereocenters. The van der Waals surface area contributed by atoms with Crippen LogP contribution in [0.2, 0.25) is 0 Å². The highest BCUT2D eigenvalue weighted by molar-refractivity contribution is 5.03. The molecule has 0 amide bonds. The van der Waals surface area contributed by atoms with E-state index in [2.05, 4.69) is 18.8 Å². The Hall–Kier alpha value is -0.480. The molecule has 0 saturated carbocycles. The van der Waals surface area contributed by atoms with Crippen LogP contribution in [0, 0.1) is 11.8 Å². The largest absolute Gasteiger partial charge is 0.369 e. The number of unbranched alkanes of at least 4 members (excludes halogenated alkanes) is 9. The molecular weight excluding hydrogens is 208 g/mol. The van der Waals surface area contributed by atoms with Crippen molar-refractivity contribution >= 4 is 0 Å². The molecule has 0 aliphatic carbocycles. The van der Waals surface area contributed by atoms with Crippen molar-refractivity contribution in [3.05, 3.63) is 0 Å². The molecule has 0 rings (SSSR count). The van der Waals surface area contributed by atoms with Crippen molar-refractivity contribution in [2.45, 2.75) is 84.2 Å². The molecule has 0 radical (unpaired) electrons. The van der Waals surface area contributed by atoms with Gasteiger partial charge in [-0.3, -0.25) is 0 Å². The summed E-state index contributed by atoms with van der Waals surface area (Å²) in [6.07, 6.45) is 13.5. The van der Waals surface area contributed by atoms with Crippen molar-refractivity contribution in [3.63, 3.8) is 0 Å². The molecule has 100 valence electrons. The summed E-state index contributed by atoms with van der Waals surface area (Å²) in [5.41, 5.74) is 0.